The van der Waals surface area contributed by atoms with Gasteiger partial charge in [0, 0.05) is 5.56 Å². The first kappa shape index (κ1) is 19.2. The van der Waals surface area contributed by atoms with Crippen LogP contribution in [0, 0.1) is 0 Å². The van der Waals surface area contributed by atoms with Crippen LogP contribution in [-0.4, -0.2) is 34.3 Å². The normalized spacial score (nSPS) is 14.9. The van der Waals surface area contributed by atoms with Gasteiger partial charge in [0.2, 0.25) is 0 Å². The molecule has 1 saturated carbocycles. The number of para-hydroxylation sites is 1. The molecule has 3 aromatic rings. The van der Waals surface area contributed by atoms with E-state index < -0.39 is 0 Å². The van der Waals surface area contributed by atoms with Crippen molar-refractivity contribution >= 4 is 6.21 Å². The van der Waals surface area contributed by atoms with Crippen molar-refractivity contribution in [1.29, 1.82) is 0 Å². The van der Waals surface area contributed by atoms with Crippen LogP contribution < -0.4 is 9.47 Å². The topological polar surface area (TPSA) is 61.5 Å². The second-order valence-electron chi connectivity index (χ2n) is 7.23. The fraction of sp³-hybridized carbons (Fsp3) is 0.348. The molecule has 29 heavy (non-hydrogen) atoms. The molecule has 4 rings (SSSR count). The third kappa shape index (κ3) is 5.44. The third-order valence-electron chi connectivity index (χ3n) is 5.22. The minimum atomic E-state index is 0.460. The van der Waals surface area contributed by atoms with Crippen molar-refractivity contribution in [2.24, 2.45) is 5.10 Å². The lowest BCUT2D eigenvalue weighted by molar-refractivity contribution is 0.217. The summed E-state index contributed by atoms with van der Waals surface area (Å²) in [5.41, 5.74) is 2.33. The predicted octanol–water partition coefficient (Wildman–Crippen LogP) is 4.67. The highest BCUT2D eigenvalue weighted by molar-refractivity contribution is 5.83. The van der Waals surface area contributed by atoms with E-state index >= 15 is 0 Å². The maximum absolute atomic E-state index is 5.89. The Morgan fingerprint density at radius 3 is 2.41 bits per heavy atom. The van der Waals surface area contributed by atoms with E-state index in [1.807, 2.05) is 24.3 Å². The zero-order chi connectivity index (χ0) is 19.7. The van der Waals surface area contributed by atoms with Gasteiger partial charge in [-0.1, -0.05) is 43.5 Å². The summed E-state index contributed by atoms with van der Waals surface area (Å²) in [6.07, 6.45) is 11.5. The SMILES string of the molecule is C(=N/n1cnnc1)/c1ccccc1OCCOc1ccc(C2CCCCC2)cc1. The molecule has 150 valence electrons. The van der Waals surface area contributed by atoms with Crippen LogP contribution >= 0.6 is 0 Å². The van der Waals surface area contributed by atoms with Crippen LogP contribution in [0.5, 0.6) is 11.5 Å². The van der Waals surface area contributed by atoms with Gasteiger partial charge in [0.05, 0.1) is 6.21 Å². The first-order valence-electron chi connectivity index (χ1n) is 10.2. The van der Waals surface area contributed by atoms with E-state index in [2.05, 4.69) is 39.6 Å². The van der Waals surface area contributed by atoms with Crippen molar-refractivity contribution in [3.8, 4) is 11.5 Å². The monoisotopic (exact) mass is 390 g/mol. The van der Waals surface area contributed by atoms with Gasteiger partial charge in [0.25, 0.3) is 0 Å². The molecule has 6 nitrogen and oxygen atoms in total. The molecule has 0 aliphatic heterocycles. The summed E-state index contributed by atoms with van der Waals surface area (Å²) >= 11 is 0. The molecule has 2 aromatic carbocycles. The highest BCUT2D eigenvalue weighted by Crippen LogP contribution is 2.33. The van der Waals surface area contributed by atoms with Gasteiger partial charge in [-0.2, -0.15) is 5.10 Å². The Balaban J connectivity index is 1.26. The Bertz CT molecular complexity index is 901. The van der Waals surface area contributed by atoms with Crippen LogP contribution in [0.4, 0.5) is 0 Å². The molecule has 6 heteroatoms. The fourth-order valence-corrected chi connectivity index (χ4v) is 3.69. The van der Waals surface area contributed by atoms with E-state index in [1.165, 1.54) is 55.0 Å². The van der Waals surface area contributed by atoms with Crippen LogP contribution in [-0.2, 0) is 0 Å². The van der Waals surface area contributed by atoms with E-state index in [0.29, 0.717) is 13.2 Å². The molecule has 1 fully saturated rings. The molecule has 0 atom stereocenters. The summed E-state index contributed by atoms with van der Waals surface area (Å²) in [5, 5.41) is 11.7. The Hall–Kier alpha value is -3.15. The van der Waals surface area contributed by atoms with Crippen LogP contribution in [0.2, 0.25) is 0 Å². The van der Waals surface area contributed by atoms with Gasteiger partial charge in [-0.15, -0.1) is 10.2 Å². The summed E-state index contributed by atoms with van der Waals surface area (Å²) in [6.45, 7) is 0.946. The number of nitrogens with zero attached hydrogens (tertiary/aromatic N) is 4. The van der Waals surface area contributed by atoms with E-state index in [4.69, 9.17) is 9.47 Å². The molecule has 1 heterocycles. The number of hydrogen-bond donors (Lipinski definition) is 0. The minimum Gasteiger partial charge on any atom is -0.490 e. The minimum absolute atomic E-state index is 0.460. The summed E-state index contributed by atoms with van der Waals surface area (Å²) in [5.74, 6) is 2.37. The second kappa shape index (κ2) is 9.87. The van der Waals surface area contributed by atoms with Crippen LogP contribution in [0.3, 0.4) is 0 Å². The fourth-order valence-electron chi connectivity index (χ4n) is 3.69. The number of ether oxygens (including phenoxy) is 2. The molecular formula is C23H26N4O2. The molecule has 0 amide bonds. The Morgan fingerprint density at radius 1 is 0.897 bits per heavy atom. The summed E-state index contributed by atoms with van der Waals surface area (Å²) < 4.78 is 13.3. The predicted molar refractivity (Wildman–Crippen MR) is 113 cm³/mol. The molecule has 1 aliphatic rings. The van der Waals surface area contributed by atoms with E-state index in [-0.39, 0.29) is 0 Å². The smallest absolute Gasteiger partial charge is 0.141 e. The van der Waals surface area contributed by atoms with Crippen LogP contribution in [0.25, 0.3) is 0 Å². The largest absolute Gasteiger partial charge is 0.490 e. The lowest BCUT2D eigenvalue weighted by atomic mass is 9.84. The maximum Gasteiger partial charge on any atom is 0.141 e. The zero-order valence-corrected chi connectivity index (χ0v) is 16.5. The van der Waals surface area contributed by atoms with Crippen molar-refractivity contribution in [3.63, 3.8) is 0 Å². The van der Waals surface area contributed by atoms with Crippen molar-refractivity contribution in [1.82, 2.24) is 14.9 Å². The van der Waals surface area contributed by atoms with E-state index in [0.717, 1.165) is 23.0 Å². The third-order valence-corrected chi connectivity index (χ3v) is 5.22. The zero-order valence-electron chi connectivity index (χ0n) is 16.5. The van der Waals surface area contributed by atoms with Crippen LogP contribution in [0.15, 0.2) is 66.3 Å². The highest BCUT2D eigenvalue weighted by Gasteiger charge is 2.15. The number of rotatable bonds is 8. The van der Waals surface area contributed by atoms with Gasteiger partial charge in [-0.05, 0) is 48.6 Å². The average Bonchev–Trinajstić information content (AvgIpc) is 3.31. The molecule has 0 bridgehead atoms. The molecule has 0 radical (unpaired) electrons. The van der Waals surface area contributed by atoms with Crippen molar-refractivity contribution < 1.29 is 9.47 Å². The van der Waals surface area contributed by atoms with Crippen molar-refractivity contribution in [2.45, 2.75) is 38.0 Å². The summed E-state index contributed by atoms with van der Waals surface area (Å²) in [7, 11) is 0. The number of benzene rings is 2. The maximum atomic E-state index is 5.89. The molecule has 1 aliphatic carbocycles. The lowest BCUT2D eigenvalue weighted by Gasteiger charge is -2.22. The molecular weight excluding hydrogens is 364 g/mol. The Kier molecular flexibility index (Phi) is 6.53. The van der Waals surface area contributed by atoms with Gasteiger partial charge >= 0.3 is 0 Å². The molecule has 0 saturated heterocycles. The van der Waals surface area contributed by atoms with Gasteiger partial charge in [0.1, 0.15) is 37.4 Å². The summed E-state index contributed by atoms with van der Waals surface area (Å²) in [4.78, 5) is 0. The second-order valence-corrected chi connectivity index (χ2v) is 7.23. The van der Waals surface area contributed by atoms with Gasteiger partial charge in [-0.3, -0.25) is 0 Å². The average molecular weight is 390 g/mol. The van der Waals surface area contributed by atoms with Gasteiger partial charge in [-0.25, -0.2) is 4.68 Å². The Labute approximate surface area is 171 Å². The van der Waals surface area contributed by atoms with Gasteiger partial charge < -0.3 is 9.47 Å². The van der Waals surface area contributed by atoms with E-state index in [9.17, 15) is 0 Å². The molecule has 1 aromatic heterocycles. The van der Waals surface area contributed by atoms with Crippen molar-refractivity contribution in [2.75, 3.05) is 13.2 Å². The first-order valence-corrected chi connectivity index (χ1v) is 10.2. The number of hydrogen-bond acceptors (Lipinski definition) is 5. The Morgan fingerprint density at radius 2 is 1.62 bits per heavy atom. The highest BCUT2D eigenvalue weighted by atomic mass is 16.5. The van der Waals surface area contributed by atoms with Crippen LogP contribution in [0.1, 0.15) is 49.1 Å². The summed E-state index contributed by atoms with van der Waals surface area (Å²) in [6, 6.07) is 16.3. The first-order chi connectivity index (χ1) is 14.4. The van der Waals surface area contributed by atoms with Crippen molar-refractivity contribution in [3.05, 3.63) is 72.3 Å². The standard InChI is InChI=1S/C23H26N4O2/c1-2-6-19(7-3-1)20-10-12-22(13-11-20)28-14-15-29-23-9-5-4-8-21(23)16-26-27-17-24-25-18-27/h4-5,8-13,16-19H,1-3,6-7,14-15H2/b26-16-. The molecule has 0 spiro atoms. The molecule has 0 unspecified atom stereocenters. The lowest BCUT2D eigenvalue weighted by Crippen LogP contribution is -2.10. The van der Waals surface area contributed by atoms with Gasteiger partial charge in [0.15, 0.2) is 0 Å². The number of aromatic nitrogens is 3. The van der Waals surface area contributed by atoms with E-state index in [1.54, 1.807) is 6.21 Å². The molecule has 0 N–H and O–H groups in total. The quantitative estimate of drug-likeness (QED) is 0.414.